The number of nitrogens with zero attached hydrogens (tertiary/aromatic N) is 1. The van der Waals surface area contributed by atoms with Gasteiger partial charge in [-0.05, 0) is 49.4 Å². The zero-order valence-electron chi connectivity index (χ0n) is 19.4. The summed E-state index contributed by atoms with van der Waals surface area (Å²) in [5.41, 5.74) is 1.63. The van der Waals surface area contributed by atoms with E-state index in [-0.39, 0.29) is 11.8 Å². The van der Waals surface area contributed by atoms with Crippen LogP contribution in [0.25, 0.3) is 0 Å². The van der Waals surface area contributed by atoms with Crippen molar-refractivity contribution in [2.45, 2.75) is 50.6 Å². The van der Waals surface area contributed by atoms with Gasteiger partial charge in [0.2, 0.25) is 11.8 Å². The fourth-order valence-electron chi connectivity index (χ4n) is 4.80. The lowest BCUT2D eigenvalue weighted by atomic mass is 9.84. The van der Waals surface area contributed by atoms with Crippen LogP contribution in [0.2, 0.25) is 0 Å². The van der Waals surface area contributed by atoms with Crippen LogP contribution in [0, 0.1) is 0 Å². The van der Waals surface area contributed by atoms with Crippen molar-refractivity contribution in [3.63, 3.8) is 0 Å². The Morgan fingerprint density at radius 3 is 2.79 bits per heavy atom. The smallest absolute Gasteiger partial charge is 0.222 e. The first-order valence-corrected chi connectivity index (χ1v) is 11.5. The molecule has 7 heteroatoms. The maximum atomic E-state index is 13.3. The molecule has 7 nitrogen and oxygen atoms in total. The maximum Gasteiger partial charge on any atom is 0.222 e. The molecule has 2 aromatic carbocycles. The third-order valence-corrected chi connectivity index (χ3v) is 6.54. The number of para-hydroxylation sites is 1. The molecule has 176 valence electrons. The summed E-state index contributed by atoms with van der Waals surface area (Å²) >= 11 is 0. The van der Waals surface area contributed by atoms with Crippen LogP contribution in [0.4, 0.5) is 0 Å². The van der Waals surface area contributed by atoms with Gasteiger partial charge in [-0.3, -0.25) is 9.59 Å². The molecule has 1 atom stereocenters. The molecule has 1 fully saturated rings. The first-order chi connectivity index (χ1) is 16.0. The number of carbonyl (C=O) groups is 2. The molecule has 2 aromatic rings. The molecule has 0 radical (unpaired) electrons. The molecule has 2 aliphatic rings. The summed E-state index contributed by atoms with van der Waals surface area (Å²) in [5, 5.41) is 3.18. The first-order valence-electron chi connectivity index (χ1n) is 11.5. The molecule has 2 amide bonds. The molecule has 33 heavy (non-hydrogen) atoms. The quantitative estimate of drug-likeness (QED) is 0.696. The summed E-state index contributed by atoms with van der Waals surface area (Å²) in [7, 11) is 3.27. The summed E-state index contributed by atoms with van der Waals surface area (Å²) in [6.07, 6.45) is 3.64. The maximum absolute atomic E-state index is 13.3. The van der Waals surface area contributed by atoms with Gasteiger partial charge in [0, 0.05) is 37.0 Å². The summed E-state index contributed by atoms with van der Waals surface area (Å²) < 4.78 is 16.7. The van der Waals surface area contributed by atoms with E-state index in [9.17, 15) is 9.59 Å². The van der Waals surface area contributed by atoms with Crippen molar-refractivity contribution in [1.29, 1.82) is 0 Å². The van der Waals surface area contributed by atoms with E-state index in [2.05, 4.69) is 5.32 Å². The van der Waals surface area contributed by atoms with E-state index in [1.165, 1.54) is 0 Å². The van der Waals surface area contributed by atoms with E-state index in [1.54, 1.807) is 14.2 Å². The number of amides is 2. The fraction of sp³-hybridized carbons (Fsp3) is 0.462. The average molecular weight is 453 g/mol. The zero-order valence-corrected chi connectivity index (χ0v) is 19.4. The summed E-state index contributed by atoms with van der Waals surface area (Å²) in [5.74, 6) is 2.34. The standard InChI is InChI=1S/C26H32N2O5/c1-31-21-8-3-6-19(16-21)17-26(12-10-23(29)27-26)13-11-24(30)28-14-5-15-33-25-20(18-28)7-4-9-22(25)32-2/h3-4,6-9,16H,5,10-15,17-18H2,1-2H3,(H,27,29)/t26-/m0/s1. The molecule has 0 aliphatic carbocycles. The van der Waals surface area contributed by atoms with Crippen LogP contribution >= 0.6 is 0 Å². The van der Waals surface area contributed by atoms with Crippen molar-refractivity contribution in [2.75, 3.05) is 27.4 Å². The minimum Gasteiger partial charge on any atom is -0.497 e. The SMILES string of the molecule is COc1cccc(C[C@@]2(CCC(=O)N3CCCOc4c(cccc4OC)C3)CCC(=O)N2)c1. The minimum atomic E-state index is -0.411. The fourth-order valence-corrected chi connectivity index (χ4v) is 4.80. The molecule has 0 aromatic heterocycles. The van der Waals surface area contributed by atoms with Crippen LogP contribution < -0.4 is 19.5 Å². The average Bonchev–Trinajstić information content (AvgIpc) is 3.18. The highest BCUT2D eigenvalue weighted by Gasteiger charge is 2.38. The van der Waals surface area contributed by atoms with Gasteiger partial charge in [0.15, 0.2) is 11.5 Å². The number of rotatable bonds is 7. The second kappa shape index (κ2) is 10.1. The molecule has 1 saturated heterocycles. The van der Waals surface area contributed by atoms with Crippen LogP contribution in [-0.4, -0.2) is 49.6 Å². The number of methoxy groups -OCH3 is 2. The van der Waals surface area contributed by atoms with Crippen LogP contribution in [0.1, 0.15) is 43.2 Å². The number of hydrogen-bond donors (Lipinski definition) is 1. The van der Waals surface area contributed by atoms with Crippen LogP contribution in [0.5, 0.6) is 17.2 Å². The highest BCUT2D eigenvalue weighted by molar-refractivity contribution is 5.80. The molecular formula is C26H32N2O5. The Balaban J connectivity index is 1.46. The van der Waals surface area contributed by atoms with Gasteiger partial charge in [-0.25, -0.2) is 0 Å². The predicted molar refractivity (Wildman–Crippen MR) is 125 cm³/mol. The Bertz CT molecular complexity index is 1010. The molecule has 0 unspecified atom stereocenters. The lowest BCUT2D eigenvalue weighted by molar-refractivity contribution is -0.132. The highest BCUT2D eigenvalue weighted by Crippen LogP contribution is 2.34. The molecule has 2 aliphatic heterocycles. The molecule has 4 rings (SSSR count). The molecular weight excluding hydrogens is 420 g/mol. The van der Waals surface area contributed by atoms with Crippen molar-refractivity contribution < 1.29 is 23.8 Å². The number of ether oxygens (including phenoxy) is 3. The van der Waals surface area contributed by atoms with Crippen LogP contribution in [0.3, 0.4) is 0 Å². The number of fused-ring (bicyclic) bond motifs is 1. The third-order valence-electron chi connectivity index (χ3n) is 6.54. The number of hydrogen-bond acceptors (Lipinski definition) is 5. The second-order valence-corrected chi connectivity index (χ2v) is 8.82. The molecule has 0 bridgehead atoms. The summed E-state index contributed by atoms with van der Waals surface area (Å²) in [4.78, 5) is 27.3. The van der Waals surface area contributed by atoms with E-state index >= 15 is 0 Å². The molecule has 0 saturated carbocycles. The molecule has 0 spiro atoms. The Hall–Kier alpha value is -3.22. The van der Waals surface area contributed by atoms with Crippen molar-refractivity contribution >= 4 is 11.8 Å². The summed E-state index contributed by atoms with van der Waals surface area (Å²) in [6, 6.07) is 13.7. The normalized spacial score (nSPS) is 20.2. The van der Waals surface area contributed by atoms with E-state index in [0.717, 1.165) is 35.5 Å². The lowest BCUT2D eigenvalue weighted by Gasteiger charge is -2.32. The Morgan fingerprint density at radius 1 is 1.18 bits per heavy atom. The van der Waals surface area contributed by atoms with Crippen LogP contribution in [-0.2, 0) is 22.6 Å². The number of benzene rings is 2. The van der Waals surface area contributed by atoms with Crippen LogP contribution in [0.15, 0.2) is 42.5 Å². The second-order valence-electron chi connectivity index (χ2n) is 8.82. The zero-order chi connectivity index (χ0) is 23.3. The predicted octanol–water partition coefficient (Wildman–Crippen LogP) is 3.49. The van der Waals surface area contributed by atoms with E-state index in [1.807, 2.05) is 47.4 Å². The Labute approximate surface area is 195 Å². The van der Waals surface area contributed by atoms with Gasteiger partial charge in [0.1, 0.15) is 5.75 Å². The van der Waals surface area contributed by atoms with Crippen molar-refractivity contribution in [3.05, 3.63) is 53.6 Å². The van der Waals surface area contributed by atoms with Gasteiger partial charge < -0.3 is 24.4 Å². The monoisotopic (exact) mass is 452 g/mol. The molecule has 2 heterocycles. The van der Waals surface area contributed by atoms with Crippen molar-refractivity contribution in [3.8, 4) is 17.2 Å². The van der Waals surface area contributed by atoms with E-state index in [4.69, 9.17) is 14.2 Å². The first kappa shape index (κ1) is 23.0. The minimum absolute atomic E-state index is 0.0507. The molecule has 1 N–H and O–H groups in total. The van der Waals surface area contributed by atoms with E-state index < -0.39 is 5.54 Å². The van der Waals surface area contributed by atoms with E-state index in [0.29, 0.717) is 51.1 Å². The van der Waals surface area contributed by atoms with Gasteiger partial charge in [0.05, 0.1) is 20.8 Å². The van der Waals surface area contributed by atoms with Gasteiger partial charge in [-0.1, -0.05) is 24.3 Å². The van der Waals surface area contributed by atoms with Gasteiger partial charge >= 0.3 is 0 Å². The summed E-state index contributed by atoms with van der Waals surface area (Å²) in [6.45, 7) is 1.67. The lowest BCUT2D eigenvalue weighted by Crippen LogP contribution is -2.45. The van der Waals surface area contributed by atoms with Gasteiger partial charge in [0.25, 0.3) is 0 Å². The largest absolute Gasteiger partial charge is 0.497 e. The highest BCUT2D eigenvalue weighted by atomic mass is 16.5. The topological polar surface area (TPSA) is 77.1 Å². The third kappa shape index (κ3) is 5.41. The van der Waals surface area contributed by atoms with Gasteiger partial charge in [-0.15, -0.1) is 0 Å². The Kier molecular flexibility index (Phi) is 7.06. The van der Waals surface area contributed by atoms with Crippen molar-refractivity contribution in [2.24, 2.45) is 0 Å². The van der Waals surface area contributed by atoms with Crippen molar-refractivity contribution in [1.82, 2.24) is 10.2 Å². The Morgan fingerprint density at radius 2 is 2.03 bits per heavy atom. The number of carbonyl (C=O) groups excluding carboxylic acids is 2. The van der Waals surface area contributed by atoms with Gasteiger partial charge in [-0.2, -0.15) is 0 Å². The number of nitrogens with one attached hydrogen (secondary N) is 1.